The monoisotopic (exact) mass is 433 g/mol. The number of rotatable bonds is 6. The molecule has 0 spiro atoms. The van der Waals surface area contributed by atoms with Gasteiger partial charge in [-0.05, 0) is 48.1 Å². The highest BCUT2D eigenvalue weighted by Gasteiger charge is 2.19. The number of amides is 3. The third kappa shape index (κ3) is 5.00. The lowest BCUT2D eigenvalue weighted by Crippen LogP contribution is -2.32. The minimum absolute atomic E-state index is 0.0975. The van der Waals surface area contributed by atoms with E-state index in [1.807, 2.05) is 35.7 Å². The second-order valence-corrected chi connectivity index (χ2v) is 8.31. The molecule has 0 atom stereocenters. The first-order valence-electron chi connectivity index (χ1n) is 10.2. The first-order valence-corrected chi connectivity index (χ1v) is 11.1. The smallest absolute Gasteiger partial charge is 0.321 e. The van der Waals surface area contributed by atoms with Gasteiger partial charge in [0.1, 0.15) is 0 Å². The van der Waals surface area contributed by atoms with Crippen LogP contribution < -0.4 is 10.6 Å². The number of ketones is 1. The van der Waals surface area contributed by atoms with E-state index in [0.29, 0.717) is 21.7 Å². The first-order chi connectivity index (χ1) is 15.1. The van der Waals surface area contributed by atoms with Gasteiger partial charge in [0.2, 0.25) is 5.78 Å². The Kier molecular flexibility index (Phi) is 6.43. The van der Waals surface area contributed by atoms with E-state index in [0.717, 1.165) is 31.5 Å². The number of carbonyl (C=O) groups excluding carboxylic acids is 3. The number of nitrogens with one attached hydrogen (secondary N) is 2. The minimum Gasteiger partial charge on any atom is -0.348 e. The standard InChI is InChI=1S/C24H23N3O3S/c28-22(21-11-6-14-31-21)19-9-1-2-10-20(19)23(29)25-16-17-7-5-8-18(15-17)26-24(30)27-12-3-4-13-27/h1-2,5-11,14-15H,3-4,12-13,16H2,(H,25,29)(H,26,30). The van der Waals surface area contributed by atoms with Gasteiger partial charge in [0.25, 0.3) is 5.91 Å². The van der Waals surface area contributed by atoms with Crippen LogP contribution >= 0.6 is 11.3 Å². The zero-order valence-corrected chi connectivity index (χ0v) is 17.8. The lowest BCUT2D eigenvalue weighted by atomic mass is 10.0. The number of urea groups is 1. The van der Waals surface area contributed by atoms with Gasteiger partial charge in [-0.1, -0.05) is 36.4 Å². The molecule has 2 N–H and O–H groups in total. The van der Waals surface area contributed by atoms with Crippen LogP contribution in [0, 0.1) is 0 Å². The average Bonchev–Trinajstić information content (AvgIpc) is 3.52. The maximum atomic E-state index is 12.8. The van der Waals surface area contributed by atoms with Crippen LogP contribution in [0.1, 0.15) is 44.0 Å². The third-order valence-electron chi connectivity index (χ3n) is 5.19. The Morgan fingerprint density at radius 2 is 1.68 bits per heavy atom. The SMILES string of the molecule is O=C(NCc1cccc(NC(=O)N2CCCC2)c1)c1ccccc1C(=O)c1cccs1. The molecule has 0 unspecified atom stereocenters. The van der Waals surface area contributed by atoms with E-state index >= 15 is 0 Å². The normalized spacial score (nSPS) is 13.1. The van der Waals surface area contributed by atoms with Crippen molar-refractivity contribution < 1.29 is 14.4 Å². The number of nitrogens with zero attached hydrogens (tertiary/aromatic N) is 1. The molecule has 1 aliphatic heterocycles. The first kappa shape index (κ1) is 20.8. The topological polar surface area (TPSA) is 78.5 Å². The fraction of sp³-hybridized carbons (Fsp3) is 0.208. The molecule has 1 saturated heterocycles. The van der Waals surface area contributed by atoms with Crippen LogP contribution in [0.15, 0.2) is 66.0 Å². The van der Waals surface area contributed by atoms with Gasteiger partial charge in [-0.15, -0.1) is 11.3 Å². The summed E-state index contributed by atoms with van der Waals surface area (Å²) < 4.78 is 0. The molecule has 1 aromatic heterocycles. The van der Waals surface area contributed by atoms with Crippen LogP contribution in [0.4, 0.5) is 10.5 Å². The van der Waals surface area contributed by atoms with E-state index < -0.39 is 0 Å². The van der Waals surface area contributed by atoms with Gasteiger partial charge in [0, 0.05) is 30.9 Å². The van der Waals surface area contributed by atoms with Crippen molar-refractivity contribution in [3.63, 3.8) is 0 Å². The van der Waals surface area contributed by atoms with Crippen molar-refractivity contribution in [1.29, 1.82) is 0 Å². The molecular formula is C24H23N3O3S. The van der Waals surface area contributed by atoms with Crippen LogP contribution in [0.3, 0.4) is 0 Å². The number of hydrogen-bond acceptors (Lipinski definition) is 4. The maximum absolute atomic E-state index is 12.8. The molecule has 2 heterocycles. The molecule has 0 radical (unpaired) electrons. The number of anilines is 1. The number of thiophene rings is 1. The van der Waals surface area contributed by atoms with Gasteiger partial charge in [-0.25, -0.2) is 4.79 Å². The Balaban J connectivity index is 1.41. The fourth-order valence-corrected chi connectivity index (χ4v) is 4.26. The van der Waals surface area contributed by atoms with Crippen LogP contribution in [-0.2, 0) is 6.54 Å². The summed E-state index contributed by atoms with van der Waals surface area (Å²) in [7, 11) is 0. The van der Waals surface area contributed by atoms with Gasteiger partial charge >= 0.3 is 6.03 Å². The van der Waals surface area contributed by atoms with Crippen molar-refractivity contribution in [3.8, 4) is 0 Å². The Bertz CT molecular complexity index is 1090. The molecule has 158 valence electrons. The summed E-state index contributed by atoms with van der Waals surface area (Å²) >= 11 is 1.35. The van der Waals surface area contributed by atoms with Gasteiger partial charge in [-0.2, -0.15) is 0 Å². The zero-order chi connectivity index (χ0) is 21.6. The zero-order valence-electron chi connectivity index (χ0n) is 17.0. The number of carbonyl (C=O) groups is 3. The van der Waals surface area contributed by atoms with Crippen LogP contribution in [0.2, 0.25) is 0 Å². The molecule has 3 amide bonds. The Morgan fingerprint density at radius 1 is 0.903 bits per heavy atom. The molecule has 4 rings (SSSR count). The van der Waals surface area contributed by atoms with Crippen LogP contribution in [-0.4, -0.2) is 35.7 Å². The van der Waals surface area contributed by atoms with E-state index in [1.165, 1.54) is 11.3 Å². The largest absolute Gasteiger partial charge is 0.348 e. The summed E-state index contributed by atoms with van der Waals surface area (Å²) in [5.74, 6) is -0.473. The molecular weight excluding hydrogens is 410 g/mol. The van der Waals surface area contributed by atoms with Crippen molar-refractivity contribution >= 4 is 34.7 Å². The van der Waals surface area contributed by atoms with E-state index in [4.69, 9.17) is 0 Å². The predicted molar refractivity (Wildman–Crippen MR) is 122 cm³/mol. The molecule has 6 nitrogen and oxygen atoms in total. The van der Waals surface area contributed by atoms with Gasteiger partial charge in [0.05, 0.1) is 10.4 Å². The summed E-state index contributed by atoms with van der Waals surface area (Å²) in [6, 6.07) is 17.7. The quantitative estimate of drug-likeness (QED) is 0.561. The number of hydrogen-bond donors (Lipinski definition) is 2. The van der Waals surface area contributed by atoms with Gasteiger partial charge < -0.3 is 15.5 Å². The summed E-state index contributed by atoms with van der Waals surface area (Å²) in [6.45, 7) is 1.85. The molecule has 0 bridgehead atoms. The molecule has 2 aromatic carbocycles. The van der Waals surface area contributed by atoms with Crippen molar-refractivity contribution in [2.75, 3.05) is 18.4 Å². The number of benzene rings is 2. The Hall–Kier alpha value is -3.45. The average molecular weight is 434 g/mol. The molecule has 3 aromatic rings. The Labute approximate surface area is 184 Å². The summed E-state index contributed by atoms with van der Waals surface area (Å²) in [4.78, 5) is 40.3. The van der Waals surface area contributed by atoms with E-state index in [2.05, 4.69) is 10.6 Å². The van der Waals surface area contributed by atoms with E-state index in [9.17, 15) is 14.4 Å². The highest BCUT2D eigenvalue weighted by atomic mass is 32.1. The second kappa shape index (κ2) is 9.57. The highest BCUT2D eigenvalue weighted by Crippen LogP contribution is 2.19. The molecule has 1 aliphatic rings. The van der Waals surface area contributed by atoms with Crippen LogP contribution in [0.25, 0.3) is 0 Å². The maximum Gasteiger partial charge on any atom is 0.321 e. The Morgan fingerprint density at radius 3 is 2.42 bits per heavy atom. The van der Waals surface area contributed by atoms with Gasteiger partial charge in [0.15, 0.2) is 0 Å². The molecule has 0 saturated carbocycles. The van der Waals surface area contributed by atoms with Crippen molar-refractivity contribution in [2.24, 2.45) is 0 Å². The summed E-state index contributed by atoms with van der Waals surface area (Å²) in [5, 5.41) is 7.63. The fourth-order valence-electron chi connectivity index (χ4n) is 3.58. The molecule has 31 heavy (non-hydrogen) atoms. The second-order valence-electron chi connectivity index (χ2n) is 7.36. The van der Waals surface area contributed by atoms with Crippen LogP contribution in [0.5, 0.6) is 0 Å². The third-order valence-corrected chi connectivity index (χ3v) is 6.05. The summed E-state index contributed by atoms with van der Waals surface area (Å²) in [5.41, 5.74) is 2.28. The minimum atomic E-state index is -0.313. The predicted octanol–water partition coefficient (Wildman–Crippen LogP) is 4.54. The highest BCUT2D eigenvalue weighted by molar-refractivity contribution is 7.12. The number of likely N-dealkylation sites (tertiary alicyclic amines) is 1. The van der Waals surface area contributed by atoms with Crippen molar-refractivity contribution in [1.82, 2.24) is 10.2 Å². The molecule has 7 heteroatoms. The van der Waals surface area contributed by atoms with Crippen molar-refractivity contribution in [3.05, 3.63) is 87.6 Å². The lowest BCUT2D eigenvalue weighted by Gasteiger charge is -2.16. The van der Waals surface area contributed by atoms with E-state index in [-0.39, 0.29) is 24.3 Å². The van der Waals surface area contributed by atoms with Gasteiger partial charge in [-0.3, -0.25) is 9.59 Å². The molecule has 0 aliphatic carbocycles. The van der Waals surface area contributed by atoms with Crippen molar-refractivity contribution in [2.45, 2.75) is 19.4 Å². The molecule has 1 fully saturated rings. The summed E-state index contributed by atoms with van der Waals surface area (Å²) in [6.07, 6.45) is 2.08. The lowest BCUT2D eigenvalue weighted by molar-refractivity contribution is 0.0940. The van der Waals surface area contributed by atoms with E-state index in [1.54, 1.807) is 35.2 Å².